The van der Waals surface area contributed by atoms with Crippen molar-refractivity contribution in [3.8, 4) is 0 Å². The summed E-state index contributed by atoms with van der Waals surface area (Å²) in [7, 11) is 0. The van der Waals surface area contributed by atoms with Crippen LogP contribution >= 0.6 is 50.7 Å². The van der Waals surface area contributed by atoms with Crippen molar-refractivity contribution < 1.29 is 15.4 Å². The molecule has 29 heavy (non-hydrogen) atoms. The summed E-state index contributed by atoms with van der Waals surface area (Å²) >= 11 is 22.2. The van der Waals surface area contributed by atoms with E-state index in [2.05, 4.69) is 20.9 Å². The summed E-state index contributed by atoms with van der Waals surface area (Å²) in [6.07, 6.45) is 5.36. The molecule has 3 rings (SSSR count). The van der Waals surface area contributed by atoms with E-state index >= 15 is 0 Å². The van der Waals surface area contributed by atoms with Gasteiger partial charge >= 0.3 is 0 Å². The summed E-state index contributed by atoms with van der Waals surface area (Å²) in [6, 6.07) is 10.6. The van der Waals surface area contributed by atoms with Gasteiger partial charge in [0.1, 0.15) is 5.60 Å². The van der Waals surface area contributed by atoms with Crippen molar-refractivity contribution in [1.82, 2.24) is 9.55 Å². The summed E-state index contributed by atoms with van der Waals surface area (Å²) in [5.41, 5.74) is 0.121. The molecule has 0 aliphatic rings. The zero-order valence-corrected chi connectivity index (χ0v) is 18.5. The molecule has 0 amide bonds. The number of nitrogens with zero attached hydrogens (tertiary/aromatic N) is 3. The summed E-state index contributed by atoms with van der Waals surface area (Å²) in [4.78, 5) is 12.4. The SMILES string of the molecule is O=[N+]([O-])O.OC(Cc1c(Cl)cccc1Cl)(Cn1ccnc1)c1ccc(Cl)cc1Br. The Morgan fingerprint density at radius 1 is 1.21 bits per heavy atom. The molecule has 0 aliphatic heterocycles. The van der Waals surface area contributed by atoms with Crippen LogP contribution in [0.5, 0.6) is 0 Å². The fourth-order valence-electron chi connectivity index (χ4n) is 2.78. The highest BCUT2D eigenvalue weighted by molar-refractivity contribution is 9.10. The van der Waals surface area contributed by atoms with Crippen LogP contribution in [-0.2, 0) is 18.6 Å². The van der Waals surface area contributed by atoms with Crippen LogP contribution in [0, 0.1) is 10.1 Å². The van der Waals surface area contributed by atoms with Crippen molar-refractivity contribution in [1.29, 1.82) is 0 Å². The fourth-order valence-corrected chi connectivity index (χ4v) is 4.36. The third kappa shape index (κ3) is 6.58. The minimum Gasteiger partial charge on any atom is -0.383 e. The fraction of sp³-hybridized carbons (Fsp3) is 0.167. The number of benzene rings is 2. The van der Waals surface area contributed by atoms with E-state index in [-0.39, 0.29) is 13.0 Å². The minimum atomic E-state index is -1.50. The summed E-state index contributed by atoms with van der Waals surface area (Å²) in [5.74, 6) is 0. The molecule has 0 fully saturated rings. The van der Waals surface area contributed by atoms with Crippen molar-refractivity contribution in [2.45, 2.75) is 18.6 Å². The first-order valence-electron chi connectivity index (χ1n) is 8.02. The van der Waals surface area contributed by atoms with Crippen LogP contribution in [0.2, 0.25) is 15.1 Å². The number of rotatable bonds is 5. The van der Waals surface area contributed by atoms with Gasteiger partial charge in [0, 0.05) is 38.4 Å². The van der Waals surface area contributed by atoms with Gasteiger partial charge in [0.15, 0.2) is 0 Å². The molecule has 7 nitrogen and oxygen atoms in total. The highest BCUT2D eigenvalue weighted by Crippen LogP contribution is 2.38. The molecular formula is C18H15BrCl3N3O4. The van der Waals surface area contributed by atoms with Crippen LogP contribution in [0.15, 0.2) is 59.6 Å². The minimum absolute atomic E-state index is 0.240. The third-order valence-corrected chi connectivity index (χ3v) is 5.57. The predicted octanol–water partition coefficient (Wildman–Crippen LogP) is 5.39. The Bertz CT molecular complexity index is 964. The van der Waals surface area contributed by atoms with Crippen LogP contribution in [0.1, 0.15) is 11.1 Å². The lowest BCUT2D eigenvalue weighted by Crippen LogP contribution is -2.34. The van der Waals surface area contributed by atoms with E-state index in [1.54, 1.807) is 55.1 Å². The average Bonchev–Trinajstić information content (AvgIpc) is 3.10. The highest BCUT2D eigenvalue weighted by atomic mass is 79.9. The van der Waals surface area contributed by atoms with Crippen LogP contribution in [-0.4, -0.2) is 25.0 Å². The second kappa shape index (κ2) is 10.3. The monoisotopic (exact) mass is 521 g/mol. The number of halogens is 4. The van der Waals surface area contributed by atoms with E-state index in [0.29, 0.717) is 30.7 Å². The van der Waals surface area contributed by atoms with E-state index in [9.17, 15) is 5.11 Å². The van der Waals surface area contributed by atoms with Gasteiger partial charge in [-0.25, -0.2) is 4.98 Å². The van der Waals surface area contributed by atoms with Gasteiger partial charge in [-0.05, 0) is 35.4 Å². The van der Waals surface area contributed by atoms with E-state index in [0.717, 1.165) is 0 Å². The number of aliphatic hydroxyl groups is 1. The maximum atomic E-state index is 11.6. The maximum Gasteiger partial charge on any atom is 0.291 e. The Morgan fingerprint density at radius 2 is 1.83 bits per heavy atom. The molecule has 0 aliphatic carbocycles. The molecule has 0 saturated heterocycles. The van der Waals surface area contributed by atoms with Gasteiger partial charge < -0.3 is 14.9 Å². The lowest BCUT2D eigenvalue weighted by atomic mass is 9.87. The van der Waals surface area contributed by atoms with Gasteiger partial charge in [0.25, 0.3) is 5.09 Å². The highest BCUT2D eigenvalue weighted by Gasteiger charge is 2.33. The molecule has 1 aromatic heterocycles. The maximum absolute atomic E-state index is 11.6. The van der Waals surface area contributed by atoms with Gasteiger partial charge in [0.05, 0.1) is 12.9 Å². The Labute approximate surface area is 189 Å². The van der Waals surface area contributed by atoms with Crippen LogP contribution < -0.4 is 0 Å². The lowest BCUT2D eigenvalue weighted by molar-refractivity contribution is -0.742. The molecule has 2 aromatic carbocycles. The van der Waals surface area contributed by atoms with E-state index in [4.69, 9.17) is 50.1 Å². The largest absolute Gasteiger partial charge is 0.383 e. The van der Waals surface area contributed by atoms with Gasteiger partial charge in [-0.15, -0.1) is 10.1 Å². The lowest BCUT2D eigenvalue weighted by Gasteiger charge is -2.31. The normalized spacial score (nSPS) is 12.6. The van der Waals surface area contributed by atoms with Crippen molar-refractivity contribution >= 4 is 50.7 Å². The third-order valence-electron chi connectivity index (χ3n) is 3.97. The molecule has 0 spiro atoms. The topological polar surface area (TPSA) is 101 Å². The summed E-state index contributed by atoms with van der Waals surface area (Å²) < 4.78 is 2.53. The first-order chi connectivity index (χ1) is 13.6. The molecule has 11 heteroatoms. The molecule has 2 N–H and O–H groups in total. The van der Waals surface area contributed by atoms with Crippen molar-refractivity contribution in [3.05, 3.63) is 95.9 Å². The van der Waals surface area contributed by atoms with Crippen LogP contribution in [0.4, 0.5) is 0 Å². The Kier molecular flexibility index (Phi) is 8.30. The average molecular weight is 524 g/mol. The number of aromatic nitrogens is 2. The molecule has 0 radical (unpaired) electrons. The van der Waals surface area contributed by atoms with Crippen molar-refractivity contribution in [3.63, 3.8) is 0 Å². The van der Waals surface area contributed by atoms with Crippen LogP contribution in [0.25, 0.3) is 0 Å². The van der Waals surface area contributed by atoms with Crippen LogP contribution in [0.3, 0.4) is 0 Å². The second-order valence-electron chi connectivity index (χ2n) is 6.01. The van der Waals surface area contributed by atoms with Gasteiger partial charge in [-0.1, -0.05) is 62.9 Å². The number of hydrogen-bond acceptors (Lipinski definition) is 4. The molecular weight excluding hydrogens is 508 g/mol. The zero-order chi connectivity index (χ0) is 21.6. The molecule has 0 bridgehead atoms. The second-order valence-corrected chi connectivity index (χ2v) is 8.11. The Balaban J connectivity index is 0.000000687. The van der Waals surface area contributed by atoms with Gasteiger partial charge in [-0.2, -0.15) is 0 Å². The smallest absolute Gasteiger partial charge is 0.291 e. The molecule has 3 aromatic rings. The number of imidazole rings is 1. The molecule has 0 saturated carbocycles. The quantitative estimate of drug-likeness (QED) is 0.345. The molecule has 154 valence electrons. The molecule has 1 heterocycles. The van der Waals surface area contributed by atoms with Gasteiger partial charge in [-0.3, -0.25) is 0 Å². The number of hydrogen-bond donors (Lipinski definition) is 2. The molecule has 1 atom stereocenters. The standard InChI is InChI=1S/C18H14BrCl3N2O.HNO3/c19-15-8-12(20)4-5-14(15)18(25,10-24-7-6-23-11-24)9-13-16(21)2-1-3-17(13)22;2-1(3)4/h1-8,11,25H,9-10H2;(H,2,3,4). The Hall–Kier alpha value is -1.84. The first kappa shape index (κ1) is 23.4. The van der Waals surface area contributed by atoms with Crippen molar-refractivity contribution in [2.24, 2.45) is 0 Å². The van der Waals surface area contributed by atoms with Gasteiger partial charge in [0.2, 0.25) is 0 Å². The van der Waals surface area contributed by atoms with Crippen molar-refractivity contribution in [2.75, 3.05) is 0 Å². The predicted molar refractivity (Wildman–Crippen MR) is 114 cm³/mol. The van der Waals surface area contributed by atoms with E-state index in [1.165, 1.54) is 0 Å². The Morgan fingerprint density at radius 3 is 2.34 bits per heavy atom. The first-order valence-corrected chi connectivity index (χ1v) is 9.95. The summed E-state index contributed by atoms with van der Waals surface area (Å²) in [5, 5.41) is 26.8. The van der Waals surface area contributed by atoms with E-state index < -0.39 is 10.7 Å². The zero-order valence-electron chi connectivity index (χ0n) is 14.7. The molecule has 1 unspecified atom stereocenters. The van der Waals surface area contributed by atoms with E-state index in [1.807, 2.05) is 4.57 Å². The summed E-state index contributed by atoms with van der Waals surface area (Å²) in [6.45, 7) is 0.286.